The van der Waals surface area contributed by atoms with E-state index in [2.05, 4.69) is 130 Å². The van der Waals surface area contributed by atoms with Gasteiger partial charge in [-0.05, 0) is 128 Å². The molecule has 0 rings (SSSR count). The minimum atomic E-state index is -0.808. The molecule has 0 radical (unpaired) electrons. The zero-order chi connectivity index (χ0) is 48.6. The van der Waals surface area contributed by atoms with E-state index in [-0.39, 0.29) is 31.1 Å². The van der Waals surface area contributed by atoms with E-state index in [0.717, 1.165) is 148 Å². The molecule has 1 atom stereocenters. The molecule has 0 aliphatic heterocycles. The molecule has 0 aromatic heterocycles. The molecular weight excluding hydrogens is 829 g/mol. The van der Waals surface area contributed by atoms with E-state index in [1.54, 1.807) is 0 Å². The van der Waals surface area contributed by atoms with Crippen LogP contribution in [0.15, 0.2) is 109 Å². The van der Waals surface area contributed by atoms with Crippen molar-refractivity contribution in [2.45, 2.75) is 245 Å². The predicted molar refractivity (Wildman–Crippen MR) is 288 cm³/mol. The van der Waals surface area contributed by atoms with Crippen LogP contribution < -0.4 is 0 Å². The number of rotatable bonds is 48. The van der Waals surface area contributed by atoms with E-state index in [1.807, 2.05) is 0 Å². The van der Waals surface area contributed by atoms with Crippen LogP contribution in [-0.4, -0.2) is 37.2 Å². The maximum absolute atomic E-state index is 12.8. The monoisotopic (exact) mass is 929 g/mol. The number of carbonyl (C=O) groups is 3. The van der Waals surface area contributed by atoms with E-state index in [1.165, 1.54) is 51.4 Å². The molecule has 0 aliphatic rings. The first kappa shape index (κ1) is 63.1. The lowest BCUT2D eigenvalue weighted by atomic mass is 10.1. The van der Waals surface area contributed by atoms with Crippen molar-refractivity contribution in [3.05, 3.63) is 109 Å². The summed E-state index contributed by atoms with van der Waals surface area (Å²) in [5.74, 6) is -0.969. The summed E-state index contributed by atoms with van der Waals surface area (Å²) in [5.41, 5.74) is 0. The van der Waals surface area contributed by atoms with Crippen LogP contribution >= 0.6 is 0 Å². The largest absolute Gasteiger partial charge is 0.462 e. The van der Waals surface area contributed by atoms with Crippen molar-refractivity contribution in [3.8, 4) is 0 Å². The zero-order valence-electron chi connectivity index (χ0n) is 43.4. The average molecular weight is 929 g/mol. The van der Waals surface area contributed by atoms with Gasteiger partial charge in [0.2, 0.25) is 0 Å². The summed E-state index contributed by atoms with van der Waals surface area (Å²) in [6, 6.07) is 0. The smallest absolute Gasteiger partial charge is 0.306 e. The average Bonchev–Trinajstić information content (AvgIpc) is 3.33. The third-order valence-corrected chi connectivity index (χ3v) is 11.2. The molecule has 6 nitrogen and oxygen atoms in total. The van der Waals surface area contributed by atoms with Crippen LogP contribution in [0.1, 0.15) is 239 Å². The molecule has 6 heteroatoms. The summed E-state index contributed by atoms with van der Waals surface area (Å²) in [4.78, 5) is 38.1. The Bertz CT molecular complexity index is 1390. The molecule has 0 saturated carbocycles. The van der Waals surface area contributed by atoms with Crippen LogP contribution in [0.3, 0.4) is 0 Å². The molecule has 0 aromatic carbocycles. The van der Waals surface area contributed by atoms with Gasteiger partial charge in [-0.2, -0.15) is 0 Å². The van der Waals surface area contributed by atoms with Crippen molar-refractivity contribution in [1.82, 2.24) is 0 Å². The Balaban J connectivity index is 4.51. The number of unbranched alkanes of at least 4 members (excludes halogenated alkanes) is 19. The second-order valence-corrected chi connectivity index (χ2v) is 17.7. The molecule has 0 amide bonds. The zero-order valence-corrected chi connectivity index (χ0v) is 43.4. The second-order valence-electron chi connectivity index (χ2n) is 17.7. The van der Waals surface area contributed by atoms with Gasteiger partial charge in [-0.25, -0.2) is 0 Å². The van der Waals surface area contributed by atoms with E-state index < -0.39 is 6.10 Å². The van der Waals surface area contributed by atoms with Crippen molar-refractivity contribution in [1.29, 1.82) is 0 Å². The molecule has 0 N–H and O–H groups in total. The Kier molecular flexibility index (Phi) is 51.5. The fraction of sp³-hybridized carbons (Fsp3) is 0.656. The summed E-state index contributed by atoms with van der Waals surface area (Å²) in [6.45, 7) is 6.41. The lowest BCUT2D eigenvalue weighted by Crippen LogP contribution is -2.30. The number of hydrogen-bond acceptors (Lipinski definition) is 6. The fourth-order valence-electron chi connectivity index (χ4n) is 7.12. The van der Waals surface area contributed by atoms with E-state index in [0.29, 0.717) is 19.3 Å². The van der Waals surface area contributed by atoms with Crippen LogP contribution in [0.4, 0.5) is 0 Å². The van der Waals surface area contributed by atoms with Crippen LogP contribution in [0.5, 0.6) is 0 Å². The molecule has 0 fully saturated rings. The van der Waals surface area contributed by atoms with Crippen molar-refractivity contribution < 1.29 is 28.6 Å². The predicted octanol–water partition coefficient (Wildman–Crippen LogP) is 18.3. The lowest BCUT2D eigenvalue weighted by molar-refractivity contribution is -0.167. The minimum absolute atomic E-state index is 0.105. The molecule has 0 bridgehead atoms. The Morgan fingerprint density at radius 3 is 0.925 bits per heavy atom. The van der Waals surface area contributed by atoms with Gasteiger partial charge >= 0.3 is 17.9 Å². The summed E-state index contributed by atoms with van der Waals surface area (Å²) in [6.07, 6.45) is 73.5. The standard InChI is InChI=1S/C61H100O6/c1-4-7-10-13-16-19-22-25-28-29-30-31-34-36-39-42-45-48-51-54-60(63)66-57-58(67-61(64)55-52-49-46-43-40-37-33-27-24-21-18-15-12-9-6-3)56-65-59(62)53-50-47-44-41-38-35-32-26-23-20-17-14-11-8-5-2/h9,12,16-21,25-28,30-33,36,39,58H,4-8,10-11,13-15,22-24,29,34-35,37-38,40-57H2,1-3H3/b12-9-,19-16-,20-17-,21-18-,28-25-,31-30-,32-26-,33-27-,39-36-/t58-/m1/s1. The van der Waals surface area contributed by atoms with E-state index >= 15 is 0 Å². The van der Waals surface area contributed by atoms with Gasteiger partial charge in [0.25, 0.3) is 0 Å². The number of esters is 3. The Morgan fingerprint density at radius 2 is 0.582 bits per heavy atom. The highest BCUT2D eigenvalue weighted by atomic mass is 16.6. The third kappa shape index (κ3) is 52.9. The van der Waals surface area contributed by atoms with Crippen LogP contribution in [0.25, 0.3) is 0 Å². The van der Waals surface area contributed by atoms with Crippen molar-refractivity contribution >= 4 is 17.9 Å². The molecule has 67 heavy (non-hydrogen) atoms. The minimum Gasteiger partial charge on any atom is -0.462 e. The van der Waals surface area contributed by atoms with Crippen LogP contribution in [-0.2, 0) is 28.6 Å². The number of ether oxygens (including phenoxy) is 3. The van der Waals surface area contributed by atoms with Gasteiger partial charge in [0.05, 0.1) is 0 Å². The first-order chi connectivity index (χ1) is 33.0. The van der Waals surface area contributed by atoms with Crippen molar-refractivity contribution in [2.75, 3.05) is 13.2 Å². The van der Waals surface area contributed by atoms with Crippen LogP contribution in [0.2, 0.25) is 0 Å². The van der Waals surface area contributed by atoms with Gasteiger partial charge < -0.3 is 14.2 Å². The molecule has 0 spiro atoms. The molecule has 0 saturated heterocycles. The van der Waals surface area contributed by atoms with Crippen LogP contribution in [0, 0.1) is 0 Å². The molecule has 0 aromatic rings. The molecule has 380 valence electrons. The van der Waals surface area contributed by atoms with Gasteiger partial charge in [-0.3, -0.25) is 14.4 Å². The topological polar surface area (TPSA) is 78.9 Å². The molecule has 0 aliphatic carbocycles. The first-order valence-corrected chi connectivity index (χ1v) is 27.4. The highest BCUT2D eigenvalue weighted by Crippen LogP contribution is 2.13. The normalized spacial score (nSPS) is 12.9. The SMILES string of the molecule is CC/C=C\C/C=C\C/C=C\CCCCCCCC(=O)O[C@@H](COC(=O)CCCCC/C=C\C/C=C\C/C=C\C/C=C\CCCCC)COC(=O)CCCCCCC/C=C\C/C=C\CCCCC. The Morgan fingerprint density at radius 1 is 0.313 bits per heavy atom. The Labute approximate surface area is 412 Å². The van der Waals surface area contributed by atoms with Gasteiger partial charge in [0, 0.05) is 19.3 Å². The van der Waals surface area contributed by atoms with Gasteiger partial charge in [0.1, 0.15) is 13.2 Å². The first-order valence-electron chi connectivity index (χ1n) is 27.4. The maximum atomic E-state index is 12.8. The quantitative estimate of drug-likeness (QED) is 0.0262. The molecule has 0 heterocycles. The van der Waals surface area contributed by atoms with E-state index in [9.17, 15) is 14.4 Å². The Hall–Kier alpha value is -3.93. The van der Waals surface area contributed by atoms with Crippen molar-refractivity contribution in [3.63, 3.8) is 0 Å². The van der Waals surface area contributed by atoms with Crippen molar-refractivity contribution in [2.24, 2.45) is 0 Å². The van der Waals surface area contributed by atoms with Gasteiger partial charge in [-0.1, -0.05) is 201 Å². The molecular formula is C61H100O6. The summed E-state index contributed by atoms with van der Waals surface area (Å²) >= 11 is 0. The number of carbonyl (C=O) groups excluding carboxylic acids is 3. The summed E-state index contributed by atoms with van der Waals surface area (Å²) in [7, 11) is 0. The highest BCUT2D eigenvalue weighted by Gasteiger charge is 2.19. The lowest BCUT2D eigenvalue weighted by Gasteiger charge is -2.18. The summed E-state index contributed by atoms with van der Waals surface area (Å²) < 4.78 is 16.8. The fourth-order valence-corrected chi connectivity index (χ4v) is 7.12. The maximum Gasteiger partial charge on any atom is 0.306 e. The van der Waals surface area contributed by atoms with Gasteiger partial charge in [0.15, 0.2) is 6.10 Å². The molecule has 0 unspecified atom stereocenters. The third-order valence-electron chi connectivity index (χ3n) is 11.2. The van der Waals surface area contributed by atoms with E-state index in [4.69, 9.17) is 14.2 Å². The highest BCUT2D eigenvalue weighted by molar-refractivity contribution is 5.71. The number of hydrogen-bond donors (Lipinski definition) is 0. The number of allylic oxidation sites excluding steroid dienone is 18. The van der Waals surface area contributed by atoms with Gasteiger partial charge in [-0.15, -0.1) is 0 Å². The second kappa shape index (κ2) is 54.7. The summed E-state index contributed by atoms with van der Waals surface area (Å²) in [5, 5.41) is 0.